The zero-order valence-corrected chi connectivity index (χ0v) is 10.6. The summed E-state index contributed by atoms with van der Waals surface area (Å²) in [5, 5.41) is 4.94. The van der Waals surface area contributed by atoms with Crippen molar-refractivity contribution in [2.75, 3.05) is 32.4 Å². The number of piperazine rings is 1. The molecule has 1 N–H and O–H groups in total. The van der Waals surface area contributed by atoms with Crippen molar-refractivity contribution in [3.63, 3.8) is 0 Å². The maximum absolute atomic E-state index is 3.49. The molecule has 0 aromatic carbocycles. The Kier molecular flexibility index (Phi) is 2.96. The molecule has 0 amide bonds. The SMILES string of the molecule is CN1CCNCC1c1cc2n(c1)CCCS2. The Balaban J connectivity index is 1.85. The van der Waals surface area contributed by atoms with Gasteiger partial charge >= 0.3 is 0 Å². The summed E-state index contributed by atoms with van der Waals surface area (Å²) >= 11 is 2.00. The van der Waals surface area contributed by atoms with E-state index in [4.69, 9.17) is 0 Å². The molecule has 3 nitrogen and oxygen atoms in total. The Hall–Kier alpha value is -0.450. The maximum Gasteiger partial charge on any atom is 0.0751 e. The van der Waals surface area contributed by atoms with E-state index in [2.05, 4.69) is 34.1 Å². The average Bonchev–Trinajstić information content (AvgIpc) is 2.73. The minimum atomic E-state index is 0.562. The van der Waals surface area contributed by atoms with E-state index in [1.54, 1.807) is 0 Å². The van der Waals surface area contributed by atoms with Gasteiger partial charge in [-0.3, -0.25) is 4.90 Å². The monoisotopic (exact) mass is 237 g/mol. The van der Waals surface area contributed by atoms with Gasteiger partial charge in [0.15, 0.2) is 0 Å². The van der Waals surface area contributed by atoms with Crippen LogP contribution in [0, 0.1) is 0 Å². The Morgan fingerprint density at radius 2 is 2.38 bits per heavy atom. The van der Waals surface area contributed by atoms with Crippen LogP contribution in [0.2, 0.25) is 0 Å². The molecule has 88 valence electrons. The van der Waals surface area contributed by atoms with Crippen molar-refractivity contribution in [1.82, 2.24) is 14.8 Å². The number of thioether (sulfide) groups is 1. The second-order valence-corrected chi connectivity index (χ2v) is 5.82. The third-order valence-electron chi connectivity index (χ3n) is 3.57. The molecule has 1 fully saturated rings. The molecule has 1 saturated heterocycles. The van der Waals surface area contributed by atoms with Gasteiger partial charge in [0.05, 0.1) is 5.03 Å². The third-order valence-corrected chi connectivity index (χ3v) is 4.71. The quantitative estimate of drug-likeness (QED) is 0.800. The highest BCUT2D eigenvalue weighted by Crippen LogP contribution is 2.31. The molecular formula is C12H19N3S. The molecule has 3 rings (SSSR count). The summed E-state index contributed by atoms with van der Waals surface area (Å²) in [6.45, 7) is 4.56. The van der Waals surface area contributed by atoms with E-state index in [-0.39, 0.29) is 0 Å². The number of nitrogens with zero attached hydrogens (tertiary/aromatic N) is 2. The number of hydrogen-bond acceptors (Lipinski definition) is 3. The molecular weight excluding hydrogens is 218 g/mol. The van der Waals surface area contributed by atoms with Gasteiger partial charge in [-0.1, -0.05) is 0 Å². The normalized spacial score (nSPS) is 26.7. The third kappa shape index (κ3) is 1.90. The van der Waals surface area contributed by atoms with Crippen LogP contribution in [0.3, 0.4) is 0 Å². The Bertz CT molecular complexity index is 351. The van der Waals surface area contributed by atoms with Gasteiger partial charge < -0.3 is 9.88 Å². The lowest BCUT2D eigenvalue weighted by Gasteiger charge is -2.32. The van der Waals surface area contributed by atoms with Crippen molar-refractivity contribution < 1.29 is 0 Å². The fraction of sp³-hybridized carbons (Fsp3) is 0.667. The van der Waals surface area contributed by atoms with Crippen LogP contribution in [0.4, 0.5) is 0 Å². The zero-order valence-electron chi connectivity index (χ0n) is 9.78. The number of rotatable bonds is 1. The highest BCUT2D eigenvalue weighted by Gasteiger charge is 2.23. The zero-order chi connectivity index (χ0) is 11.0. The van der Waals surface area contributed by atoms with Crippen molar-refractivity contribution >= 4 is 11.8 Å². The summed E-state index contributed by atoms with van der Waals surface area (Å²) in [5.41, 5.74) is 1.49. The van der Waals surface area contributed by atoms with Gasteiger partial charge in [0.2, 0.25) is 0 Å². The fourth-order valence-electron chi connectivity index (χ4n) is 2.58. The van der Waals surface area contributed by atoms with Gasteiger partial charge in [-0.15, -0.1) is 11.8 Å². The lowest BCUT2D eigenvalue weighted by Crippen LogP contribution is -2.43. The molecule has 0 radical (unpaired) electrons. The molecule has 0 saturated carbocycles. The highest BCUT2D eigenvalue weighted by atomic mass is 32.2. The number of hydrogen-bond donors (Lipinski definition) is 1. The van der Waals surface area contributed by atoms with Crippen molar-refractivity contribution in [1.29, 1.82) is 0 Å². The second kappa shape index (κ2) is 4.43. The van der Waals surface area contributed by atoms with Crippen LogP contribution in [0.15, 0.2) is 17.3 Å². The maximum atomic E-state index is 3.49. The number of aromatic nitrogens is 1. The number of aryl methyl sites for hydroxylation is 1. The van der Waals surface area contributed by atoms with E-state index in [1.165, 1.54) is 29.3 Å². The van der Waals surface area contributed by atoms with Gasteiger partial charge in [0.25, 0.3) is 0 Å². The van der Waals surface area contributed by atoms with E-state index in [9.17, 15) is 0 Å². The molecule has 16 heavy (non-hydrogen) atoms. The largest absolute Gasteiger partial charge is 0.342 e. The first-order valence-electron chi connectivity index (χ1n) is 6.08. The van der Waals surface area contributed by atoms with Crippen LogP contribution in [-0.2, 0) is 6.54 Å². The van der Waals surface area contributed by atoms with Crippen molar-refractivity contribution in [3.8, 4) is 0 Å². The molecule has 1 aromatic rings. The molecule has 0 aliphatic carbocycles. The summed E-state index contributed by atoms with van der Waals surface area (Å²) < 4.78 is 2.42. The minimum absolute atomic E-state index is 0.562. The molecule has 1 unspecified atom stereocenters. The molecule has 1 aromatic heterocycles. The number of nitrogens with one attached hydrogen (secondary N) is 1. The van der Waals surface area contributed by atoms with Gasteiger partial charge in [0.1, 0.15) is 0 Å². The Labute approximate surface area is 101 Å². The van der Waals surface area contributed by atoms with Crippen LogP contribution in [0.25, 0.3) is 0 Å². The predicted octanol–water partition coefficient (Wildman–Crippen LogP) is 1.56. The summed E-state index contributed by atoms with van der Waals surface area (Å²) in [6.07, 6.45) is 3.67. The molecule has 0 bridgehead atoms. The van der Waals surface area contributed by atoms with E-state index in [0.717, 1.165) is 19.6 Å². The number of fused-ring (bicyclic) bond motifs is 1. The topological polar surface area (TPSA) is 20.2 Å². The summed E-state index contributed by atoms with van der Waals surface area (Å²) in [7, 11) is 2.23. The Morgan fingerprint density at radius 1 is 1.44 bits per heavy atom. The lowest BCUT2D eigenvalue weighted by molar-refractivity contribution is 0.202. The number of likely N-dealkylation sites (N-methyl/N-ethyl adjacent to an activating group) is 1. The smallest absolute Gasteiger partial charge is 0.0751 e. The highest BCUT2D eigenvalue weighted by molar-refractivity contribution is 7.99. The lowest BCUT2D eigenvalue weighted by atomic mass is 10.1. The first-order chi connectivity index (χ1) is 7.84. The van der Waals surface area contributed by atoms with Gasteiger partial charge in [0, 0.05) is 44.2 Å². The minimum Gasteiger partial charge on any atom is -0.342 e. The van der Waals surface area contributed by atoms with E-state index in [0.29, 0.717) is 6.04 Å². The standard InChI is InChI=1S/C12H19N3S/c1-14-5-3-13-8-11(14)10-7-12-15(9-10)4-2-6-16-12/h7,9,11,13H,2-6,8H2,1H3. The van der Waals surface area contributed by atoms with Crippen molar-refractivity contribution in [2.24, 2.45) is 0 Å². The van der Waals surface area contributed by atoms with Crippen molar-refractivity contribution in [2.45, 2.75) is 24.0 Å². The van der Waals surface area contributed by atoms with Gasteiger partial charge in [-0.25, -0.2) is 0 Å². The average molecular weight is 237 g/mol. The fourth-order valence-corrected chi connectivity index (χ4v) is 3.59. The van der Waals surface area contributed by atoms with Crippen molar-refractivity contribution in [3.05, 3.63) is 17.8 Å². The van der Waals surface area contributed by atoms with E-state index < -0.39 is 0 Å². The molecule has 2 aliphatic rings. The molecule has 0 spiro atoms. The first-order valence-corrected chi connectivity index (χ1v) is 7.07. The van der Waals surface area contributed by atoms with Crippen LogP contribution >= 0.6 is 11.8 Å². The Morgan fingerprint density at radius 3 is 3.19 bits per heavy atom. The van der Waals surface area contributed by atoms with Crippen LogP contribution in [0.5, 0.6) is 0 Å². The van der Waals surface area contributed by atoms with E-state index in [1.807, 2.05) is 11.8 Å². The van der Waals surface area contributed by atoms with Crippen LogP contribution in [0.1, 0.15) is 18.0 Å². The summed E-state index contributed by atoms with van der Waals surface area (Å²) in [5.74, 6) is 1.28. The molecule has 4 heteroatoms. The predicted molar refractivity (Wildman–Crippen MR) is 68.0 cm³/mol. The van der Waals surface area contributed by atoms with Crippen LogP contribution < -0.4 is 5.32 Å². The summed E-state index contributed by atoms with van der Waals surface area (Å²) in [4.78, 5) is 2.46. The van der Waals surface area contributed by atoms with E-state index >= 15 is 0 Å². The van der Waals surface area contributed by atoms with Gasteiger partial charge in [-0.2, -0.15) is 0 Å². The summed E-state index contributed by atoms with van der Waals surface area (Å²) in [6, 6.07) is 2.95. The molecule has 3 heterocycles. The molecule has 2 aliphatic heterocycles. The second-order valence-electron chi connectivity index (χ2n) is 4.71. The van der Waals surface area contributed by atoms with Gasteiger partial charge in [-0.05, 0) is 25.1 Å². The molecule has 1 atom stereocenters. The van der Waals surface area contributed by atoms with Crippen LogP contribution in [-0.4, -0.2) is 41.9 Å². The first kappa shape index (κ1) is 10.7.